The van der Waals surface area contributed by atoms with Gasteiger partial charge in [0.05, 0.1) is 11.0 Å². The smallest absolute Gasteiger partial charge is 0.0544 e. The molecule has 10 unspecified atom stereocenters. The van der Waals surface area contributed by atoms with Crippen LogP contribution in [0.15, 0.2) is 84.9 Å². The van der Waals surface area contributed by atoms with E-state index in [2.05, 4.69) is 120 Å². The van der Waals surface area contributed by atoms with Crippen molar-refractivity contribution in [1.29, 1.82) is 0 Å². The fourth-order valence-electron chi connectivity index (χ4n) is 14.3. The zero-order valence-corrected chi connectivity index (χ0v) is 32.0. The molecule has 0 bridgehead atoms. The number of hydrogen-bond acceptors (Lipinski definition) is 2. The fraction of sp³-hybridized carbons (Fsp3) is 0.510. The van der Waals surface area contributed by atoms with Crippen LogP contribution in [-0.4, -0.2) is 38.1 Å². The Kier molecular flexibility index (Phi) is 6.93. The third-order valence-corrected chi connectivity index (χ3v) is 18.0. The van der Waals surface area contributed by atoms with Crippen molar-refractivity contribution < 1.29 is 0 Å². The maximum absolute atomic E-state index is 3.32. The predicted octanol–water partition coefficient (Wildman–Crippen LogP) is 12.3. The van der Waals surface area contributed by atoms with E-state index in [0.29, 0.717) is 5.92 Å². The highest BCUT2D eigenvalue weighted by Crippen LogP contribution is 2.61. The number of nitrogens with zero attached hydrogens (tertiary/aromatic N) is 2. The van der Waals surface area contributed by atoms with Gasteiger partial charge in [0.1, 0.15) is 0 Å². The van der Waals surface area contributed by atoms with Gasteiger partial charge in [0.2, 0.25) is 0 Å². The minimum atomic E-state index is -0.0122. The average molecular weight is 703 g/mol. The Bertz CT molecular complexity index is 2210. The van der Waals surface area contributed by atoms with Crippen LogP contribution in [0.4, 0.5) is 0 Å². The van der Waals surface area contributed by atoms with E-state index in [1.54, 1.807) is 12.0 Å². The van der Waals surface area contributed by atoms with Crippen molar-refractivity contribution in [2.45, 2.75) is 131 Å². The molecule has 0 N–H and O–H groups in total. The second-order valence-corrected chi connectivity index (χ2v) is 20.3. The number of rotatable bonds is 2. The first-order chi connectivity index (χ1) is 25.5. The molecule has 4 saturated carbocycles. The van der Waals surface area contributed by atoms with Gasteiger partial charge in [-0.15, -0.1) is 0 Å². The Hall–Kier alpha value is -3.01. The molecule has 0 spiro atoms. The van der Waals surface area contributed by atoms with E-state index in [1.165, 1.54) is 120 Å². The largest absolute Gasteiger partial charge is 0.309 e. The minimum Gasteiger partial charge on any atom is -0.309 e. The first-order valence-corrected chi connectivity index (χ1v) is 22.2. The molecule has 0 amide bonds. The number of benzene rings is 4. The van der Waals surface area contributed by atoms with Crippen molar-refractivity contribution in [2.24, 2.45) is 23.7 Å². The molecule has 1 aromatic heterocycles. The molecule has 5 aromatic rings. The van der Waals surface area contributed by atoms with Crippen LogP contribution >= 0.6 is 11.8 Å². The van der Waals surface area contributed by atoms with E-state index < -0.39 is 0 Å². The number of fused-ring (bicyclic) bond motifs is 10. The predicted molar refractivity (Wildman–Crippen MR) is 219 cm³/mol. The summed E-state index contributed by atoms with van der Waals surface area (Å²) in [7, 11) is 0. The topological polar surface area (TPSA) is 8.17 Å². The summed E-state index contributed by atoms with van der Waals surface area (Å²) in [6.45, 7) is 4.83. The van der Waals surface area contributed by atoms with Crippen LogP contribution in [0.2, 0.25) is 0 Å². The molecule has 10 atom stereocenters. The summed E-state index contributed by atoms with van der Waals surface area (Å²) < 4.78 is 2.55. The Labute approximate surface area is 314 Å². The minimum absolute atomic E-state index is 0.0122. The second-order valence-electron chi connectivity index (χ2n) is 18.8. The summed E-state index contributed by atoms with van der Waals surface area (Å²) in [5, 5.41) is 4.51. The third-order valence-electron chi connectivity index (χ3n) is 16.3. The molecule has 2 aliphatic heterocycles. The van der Waals surface area contributed by atoms with E-state index >= 15 is 0 Å². The molecule has 2 saturated heterocycles. The highest BCUT2D eigenvalue weighted by molar-refractivity contribution is 8.00. The number of thioether (sulfide) groups is 1. The number of hydrogen-bond donors (Lipinski definition) is 0. The second kappa shape index (κ2) is 11.5. The highest BCUT2D eigenvalue weighted by atomic mass is 32.2. The van der Waals surface area contributed by atoms with Crippen molar-refractivity contribution in [3.8, 4) is 16.8 Å². The Morgan fingerprint density at radius 1 is 0.615 bits per heavy atom. The van der Waals surface area contributed by atoms with E-state index in [9.17, 15) is 0 Å². The summed E-state index contributed by atoms with van der Waals surface area (Å²) in [6, 6.07) is 35.6. The fourth-order valence-corrected chi connectivity index (χ4v) is 16.3. The van der Waals surface area contributed by atoms with Crippen LogP contribution < -0.4 is 0 Å². The monoisotopic (exact) mass is 702 g/mol. The first-order valence-electron chi connectivity index (χ1n) is 21.3. The number of piperidine rings is 1. The van der Waals surface area contributed by atoms with Crippen molar-refractivity contribution in [2.75, 3.05) is 0 Å². The van der Waals surface area contributed by atoms with Crippen LogP contribution in [0.25, 0.3) is 38.6 Å². The molecule has 5 aliphatic carbocycles. The standard InChI is InChI=1S/C49H54N2S/c1-49(2)39-18-7-6-15-33(39)36-27-38-37-25-30(21-23-41(37)50(44(38)28-40(36)49)32-13-4-3-5-14-32)31-22-24-42-46(26-31)52-45-20-10-17-35-34-16-8-11-29-12-9-19-43(47(29)34)51(42)48(35)45/h3-7,13-15,18,21,23,25,27-29,31,34-35,42-43,45-48H,8-12,16-17,19-20,22,24,26H2,1-2H3. The van der Waals surface area contributed by atoms with Crippen molar-refractivity contribution in [3.05, 3.63) is 102 Å². The molecule has 7 aliphatic rings. The van der Waals surface area contributed by atoms with Gasteiger partial charge in [-0.1, -0.05) is 94.5 Å². The lowest BCUT2D eigenvalue weighted by Gasteiger charge is -2.67. The molecule has 6 fully saturated rings. The summed E-state index contributed by atoms with van der Waals surface area (Å²) in [5.41, 5.74) is 11.3. The molecule has 0 radical (unpaired) electrons. The van der Waals surface area contributed by atoms with Crippen LogP contribution in [0, 0.1) is 23.7 Å². The Morgan fingerprint density at radius 3 is 2.31 bits per heavy atom. The lowest BCUT2D eigenvalue weighted by Crippen LogP contribution is -2.72. The first kappa shape index (κ1) is 31.4. The van der Waals surface area contributed by atoms with Gasteiger partial charge in [0.15, 0.2) is 0 Å². The van der Waals surface area contributed by atoms with Crippen molar-refractivity contribution in [3.63, 3.8) is 0 Å². The normalized spacial score (nSPS) is 35.7. The van der Waals surface area contributed by atoms with E-state index in [-0.39, 0.29) is 5.41 Å². The molecule has 266 valence electrons. The lowest BCUT2D eigenvalue weighted by molar-refractivity contribution is -0.138. The molecule has 12 rings (SSSR count). The SMILES string of the molecule is CC1(C)c2ccccc2-c2cc3c4cc(C5CCC6C(C5)SC5CCCC7C8CCCC9CCCC(C98)N6C57)ccc4n(-c4ccccc4)c3cc21. The quantitative estimate of drug-likeness (QED) is 0.181. The van der Waals surface area contributed by atoms with Crippen LogP contribution in [0.1, 0.15) is 114 Å². The highest BCUT2D eigenvalue weighted by Gasteiger charge is 2.60. The summed E-state index contributed by atoms with van der Waals surface area (Å²) >= 11 is 2.49. The van der Waals surface area contributed by atoms with Crippen LogP contribution in [0.5, 0.6) is 0 Å². The van der Waals surface area contributed by atoms with Crippen molar-refractivity contribution >= 4 is 33.6 Å². The Balaban J connectivity index is 0.939. The molecule has 3 heteroatoms. The van der Waals surface area contributed by atoms with E-state index in [0.717, 1.165) is 52.3 Å². The summed E-state index contributed by atoms with van der Waals surface area (Å²) in [4.78, 5) is 3.32. The van der Waals surface area contributed by atoms with Crippen LogP contribution in [-0.2, 0) is 5.41 Å². The maximum atomic E-state index is 3.32. The van der Waals surface area contributed by atoms with Crippen molar-refractivity contribution in [1.82, 2.24) is 9.47 Å². The third kappa shape index (κ3) is 4.30. The zero-order chi connectivity index (χ0) is 34.3. The van der Waals surface area contributed by atoms with Gasteiger partial charge in [0, 0.05) is 50.5 Å². The average Bonchev–Trinajstić information content (AvgIpc) is 3.62. The maximum Gasteiger partial charge on any atom is 0.0544 e. The molecule has 3 heterocycles. The molecule has 2 nitrogen and oxygen atoms in total. The van der Waals surface area contributed by atoms with Gasteiger partial charge >= 0.3 is 0 Å². The lowest BCUT2D eigenvalue weighted by atomic mass is 9.53. The van der Waals surface area contributed by atoms with Gasteiger partial charge in [-0.3, -0.25) is 4.90 Å². The van der Waals surface area contributed by atoms with Gasteiger partial charge in [-0.25, -0.2) is 0 Å². The zero-order valence-electron chi connectivity index (χ0n) is 31.1. The Morgan fingerprint density at radius 2 is 1.40 bits per heavy atom. The van der Waals surface area contributed by atoms with Gasteiger partial charge in [-0.05, 0) is 139 Å². The van der Waals surface area contributed by atoms with Gasteiger partial charge in [0.25, 0.3) is 0 Å². The van der Waals surface area contributed by atoms with E-state index in [4.69, 9.17) is 0 Å². The molecular weight excluding hydrogens is 649 g/mol. The van der Waals surface area contributed by atoms with Crippen LogP contribution in [0.3, 0.4) is 0 Å². The van der Waals surface area contributed by atoms with E-state index in [1.807, 2.05) is 0 Å². The number of para-hydroxylation sites is 1. The van der Waals surface area contributed by atoms with Gasteiger partial charge < -0.3 is 4.57 Å². The molecule has 4 aromatic carbocycles. The number of aromatic nitrogens is 1. The summed E-state index contributed by atoms with van der Waals surface area (Å²) in [6.07, 6.45) is 17.7. The summed E-state index contributed by atoms with van der Waals surface area (Å²) in [5.74, 6) is 4.76. The molecule has 52 heavy (non-hydrogen) atoms. The van der Waals surface area contributed by atoms with Gasteiger partial charge in [-0.2, -0.15) is 11.8 Å². The molecular formula is C49H54N2S.